The van der Waals surface area contributed by atoms with Crippen molar-refractivity contribution in [1.29, 1.82) is 0 Å². The van der Waals surface area contributed by atoms with Crippen molar-refractivity contribution in [3.05, 3.63) is 35.9 Å². The molecule has 0 bridgehead atoms. The molecule has 0 unspecified atom stereocenters. The number of urea groups is 1. The SMILES string of the molecule is CO[C@@H]1C[C@@H]2C(=O)N([C@@H](c3ccccc3)C(C)C)C(=O)N2C1. The van der Waals surface area contributed by atoms with Crippen LogP contribution < -0.4 is 0 Å². The van der Waals surface area contributed by atoms with Gasteiger partial charge in [-0.1, -0.05) is 44.2 Å². The lowest BCUT2D eigenvalue weighted by molar-refractivity contribution is -0.130. The molecule has 2 saturated heterocycles. The number of amides is 3. The van der Waals surface area contributed by atoms with Crippen LogP contribution in [0, 0.1) is 5.92 Å². The van der Waals surface area contributed by atoms with Crippen LogP contribution >= 0.6 is 0 Å². The van der Waals surface area contributed by atoms with E-state index in [1.165, 1.54) is 4.90 Å². The third-order valence-corrected chi connectivity index (χ3v) is 4.62. The molecular weight excluding hydrogens is 280 g/mol. The first-order valence-corrected chi connectivity index (χ1v) is 7.76. The number of carbonyl (C=O) groups excluding carboxylic acids is 2. The van der Waals surface area contributed by atoms with Gasteiger partial charge in [0.25, 0.3) is 5.91 Å². The molecular formula is C17H22N2O3. The Bertz CT molecular complexity index is 549. The molecule has 1 aromatic rings. The van der Waals surface area contributed by atoms with Crippen molar-refractivity contribution in [3.63, 3.8) is 0 Å². The molecule has 5 heteroatoms. The third-order valence-electron chi connectivity index (χ3n) is 4.62. The molecule has 118 valence electrons. The summed E-state index contributed by atoms with van der Waals surface area (Å²) in [6.45, 7) is 4.58. The van der Waals surface area contributed by atoms with E-state index in [9.17, 15) is 9.59 Å². The van der Waals surface area contributed by atoms with Gasteiger partial charge in [0.05, 0.1) is 12.1 Å². The zero-order valence-corrected chi connectivity index (χ0v) is 13.2. The van der Waals surface area contributed by atoms with E-state index in [-0.39, 0.29) is 36.0 Å². The summed E-state index contributed by atoms with van der Waals surface area (Å²) in [5, 5.41) is 0. The number of nitrogens with zero attached hydrogens (tertiary/aromatic N) is 2. The highest BCUT2D eigenvalue weighted by Crippen LogP contribution is 2.37. The fourth-order valence-electron chi connectivity index (χ4n) is 3.55. The summed E-state index contributed by atoms with van der Waals surface area (Å²) in [5.41, 5.74) is 1.00. The predicted molar refractivity (Wildman–Crippen MR) is 82.2 cm³/mol. The molecule has 3 amide bonds. The zero-order chi connectivity index (χ0) is 15.9. The number of ether oxygens (including phenoxy) is 1. The van der Waals surface area contributed by atoms with E-state index in [1.807, 2.05) is 44.2 Å². The zero-order valence-electron chi connectivity index (χ0n) is 13.2. The van der Waals surface area contributed by atoms with Gasteiger partial charge in [-0.15, -0.1) is 0 Å². The molecule has 2 heterocycles. The lowest BCUT2D eigenvalue weighted by Gasteiger charge is -2.30. The molecule has 5 nitrogen and oxygen atoms in total. The minimum absolute atomic E-state index is 0.0331. The highest BCUT2D eigenvalue weighted by molar-refractivity contribution is 6.05. The van der Waals surface area contributed by atoms with Gasteiger partial charge < -0.3 is 9.64 Å². The summed E-state index contributed by atoms with van der Waals surface area (Å²) < 4.78 is 5.31. The molecule has 0 aliphatic carbocycles. The summed E-state index contributed by atoms with van der Waals surface area (Å²) >= 11 is 0. The van der Waals surface area contributed by atoms with Crippen LogP contribution in [0.2, 0.25) is 0 Å². The molecule has 3 rings (SSSR count). The van der Waals surface area contributed by atoms with Crippen molar-refractivity contribution in [2.45, 2.75) is 38.5 Å². The average Bonchev–Trinajstić information content (AvgIpc) is 3.03. The number of carbonyl (C=O) groups is 2. The maximum absolute atomic E-state index is 12.8. The molecule has 0 saturated carbocycles. The second-order valence-corrected chi connectivity index (χ2v) is 6.35. The Labute approximate surface area is 130 Å². The monoisotopic (exact) mass is 302 g/mol. The smallest absolute Gasteiger partial charge is 0.328 e. The molecule has 2 aliphatic heterocycles. The summed E-state index contributed by atoms with van der Waals surface area (Å²) in [5.74, 6) is 0.0700. The lowest BCUT2D eigenvalue weighted by Crippen LogP contribution is -2.40. The van der Waals surface area contributed by atoms with Crippen LogP contribution in [0.4, 0.5) is 4.79 Å². The fourth-order valence-corrected chi connectivity index (χ4v) is 3.55. The fraction of sp³-hybridized carbons (Fsp3) is 0.529. The van der Waals surface area contributed by atoms with Crippen LogP contribution in [0.3, 0.4) is 0 Å². The Balaban J connectivity index is 1.91. The van der Waals surface area contributed by atoms with Crippen LogP contribution in [0.25, 0.3) is 0 Å². The molecule has 0 spiro atoms. The molecule has 1 aromatic carbocycles. The number of hydrogen-bond acceptors (Lipinski definition) is 3. The normalized spacial score (nSPS) is 26.0. The van der Waals surface area contributed by atoms with E-state index in [2.05, 4.69) is 0 Å². The number of hydrogen-bond donors (Lipinski definition) is 0. The Morgan fingerprint density at radius 2 is 1.86 bits per heavy atom. The first-order valence-electron chi connectivity index (χ1n) is 7.76. The number of methoxy groups -OCH3 is 1. The topological polar surface area (TPSA) is 49.9 Å². The van der Waals surface area contributed by atoms with Crippen LogP contribution in [0.1, 0.15) is 31.9 Å². The van der Waals surface area contributed by atoms with Gasteiger partial charge in [0.15, 0.2) is 0 Å². The average molecular weight is 302 g/mol. The molecule has 3 atom stereocenters. The predicted octanol–water partition coefficient (Wildman–Crippen LogP) is 2.44. The summed E-state index contributed by atoms with van der Waals surface area (Å²) in [6.07, 6.45) is 0.561. The number of benzene rings is 1. The van der Waals surface area contributed by atoms with Gasteiger partial charge in [0.1, 0.15) is 6.04 Å². The number of rotatable bonds is 4. The van der Waals surface area contributed by atoms with E-state index in [0.29, 0.717) is 13.0 Å². The minimum atomic E-state index is -0.359. The first kappa shape index (κ1) is 15.0. The summed E-state index contributed by atoms with van der Waals surface area (Å²) in [4.78, 5) is 28.7. The van der Waals surface area contributed by atoms with Gasteiger partial charge in [0.2, 0.25) is 0 Å². The Hall–Kier alpha value is -1.88. The van der Waals surface area contributed by atoms with E-state index in [4.69, 9.17) is 4.74 Å². The van der Waals surface area contributed by atoms with Gasteiger partial charge in [-0.2, -0.15) is 0 Å². The molecule has 22 heavy (non-hydrogen) atoms. The van der Waals surface area contributed by atoms with Crippen LogP contribution in [-0.2, 0) is 9.53 Å². The number of imide groups is 1. The van der Waals surface area contributed by atoms with Crippen molar-refractivity contribution in [2.75, 3.05) is 13.7 Å². The van der Waals surface area contributed by atoms with Crippen molar-refractivity contribution >= 4 is 11.9 Å². The second kappa shape index (κ2) is 5.72. The molecule has 0 aromatic heterocycles. The maximum atomic E-state index is 12.8. The minimum Gasteiger partial charge on any atom is -0.380 e. The van der Waals surface area contributed by atoms with E-state index < -0.39 is 0 Å². The Morgan fingerprint density at radius 1 is 1.18 bits per heavy atom. The van der Waals surface area contributed by atoms with Gasteiger partial charge in [-0.25, -0.2) is 4.79 Å². The highest BCUT2D eigenvalue weighted by atomic mass is 16.5. The van der Waals surface area contributed by atoms with E-state index in [1.54, 1.807) is 12.0 Å². The van der Waals surface area contributed by atoms with Gasteiger partial charge >= 0.3 is 6.03 Å². The Morgan fingerprint density at radius 3 is 2.41 bits per heavy atom. The lowest BCUT2D eigenvalue weighted by atomic mass is 9.94. The second-order valence-electron chi connectivity index (χ2n) is 6.35. The van der Waals surface area contributed by atoms with E-state index >= 15 is 0 Å². The molecule has 2 fully saturated rings. The number of fused-ring (bicyclic) bond motifs is 1. The standard InChI is InChI=1S/C17H22N2O3/c1-11(2)15(12-7-5-4-6-8-12)19-16(20)14-9-13(22-3)10-18(14)17(19)21/h4-8,11,13-15H,9-10H2,1-3H3/t13-,14-,15-/m1/s1. The molecule has 2 aliphatic rings. The Kier molecular flexibility index (Phi) is 3.91. The van der Waals surface area contributed by atoms with E-state index in [0.717, 1.165) is 5.56 Å². The van der Waals surface area contributed by atoms with Crippen LogP contribution in [-0.4, -0.2) is 47.5 Å². The van der Waals surface area contributed by atoms with Crippen molar-refractivity contribution in [3.8, 4) is 0 Å². The van der Waals surface area contributed by atoms with Crippen molar-refractivity contribution in [2.24, 2.45) is 5.92 Å². The quantitative estimate of drug-likeness (QED) is 0.803. The van der Waals surface area contributed by atoms with Gasteiger partial charge in [0, 0.05) is 20.1 Å². The van der Waals surface area contributed by atoms with Gasteiger partial charge in [-0.3, -0.25) is 9.69 Å². The first-order chi connectivity index (χ1) is 10.5. The van der Waals surface area contributed by atoms with Gasteiger partial charge in [-0.05, 0) is 11.5 Å². The maximum Gasteiger partial charge on any atom is 0.328 e. The third kappa shape index (κ3) is 2.29. The molecule has 0 N–H and O–H groups in total. The van der Waals surface area contributed by atoms with Crippen LogP contribution in [0.5, 0.6) is 0 Å². The largest absolute Gasteiger partial charge is 0.380 e. The van der Waals surface area contributed by atoms with Crippen LogP contribution in [0.15, 0.2) is 30.3 Å². The summed E-state index contributed by atoms with van der Waals surface area (Å²) in [7, 11) is 1.63. The molecule has 0 radical (unpaired) electrons. The summed E-state index contributed by atoms with van der Waals surface area (Å²) in [6, 6.07) is 9.03. The van der Waals surface area contributed by atoms with Crippen molar-refractivity contribution < 1.29 is 14.3 Å². The highest BCUT2D eigenvalue weighted by Gasteiger charge is 2.53. The van der Waals surface area contributed by atoms with Crippen molar-refractivity contribution in [1.82, 2.24) is 9.80 Å².